The Bertz CT molecular complexity index is 1090. The highest BCUT2D eigenvalue weighted by Crippen LogP contribution is 2.37. The number of rotatable bonds is 10. The molecule has 0 aliphatic heterocycles. The number of benzene rings is 2. The van der Waals surface area contributed by atoms with Crippen LogP contribution in [0.25, 0.3) is 0 Å². The van der Waals surface area contributed by atoms with E-state index in [-0.39, 0.29) is 22.9 Å². The van der Waals surface area contributed by atoms with Gasteiger partial charge in [0.1, 0.15) is 0 Å². The molecule has 0 spiro atoms. The van der Waals surface area contributed by atoms with Crippen molar-refractivity contribution in [3.8, 4) is 23.7 Å². The highest BCUT2D eigenvalue weighted by Gasteiger charge is 2.49. The van der Waals surface area contributed by atoms with Crippen molar-refractivity contribution < 1.29 is 19.1 Å². The number of aliphatic hydroxyl groups excluding tert-OH is 2. The second-order valence-electron chi connectivity index (χ2n) is 12.6. The molecule has 0 fully saturated rings. The number of hydrogen-bond acceptors (Lipinski definition) is 4. The second kappa shape index (κ2) is 14.5. The van der Waals surface area contributed by atoms with Gasteiger partial charge in [0, 0.05) is 25.9 Å². The summed E-state index contributed by atoms with van der Waals surface area (Å²) in [7, 11) is -4.41. The highest BCUT2D eigenvalue weighted by atomic mass is 28.4. The molecule has 2 aromatic carbocycles. The van der Waals surface area contributed by atoms with E-state index in [0.29, 0.717) is 19.6 Å². The minimum absolute atomic E-state index is 0.0831. The van der Waals surface area contributed by atoms with E-state index in [1.807, 2.05) is 12.1 Å². The van der Waals surface area contributed by atoms with Crippen LogP contribution in [0.5, 0.6) is 0 Å². The second-order valence-corrected chi connectivity index (χ2v) is 21.7. The molecule has 0 aliphatic carbocycles. The minimum atomic E-state index is -2.57. The molecule has 0 saturated carbocycles. The van der Waals surface area contributed by atoms with Gasteiger partial charge in [-0.1, -0.05) is 114 Å². The van der Waals surface area contributed by atoms with Crippen molar-refractivity contribution in [2.45, 2.75) is 96.2 Å². The average molecular weight is 565 g/mol. The third kappa shape index (κ3) is 9.18. The van der Waals surface area contributed by atoms with Gasteiger partial charge in [-0.2, -0.15) is 0 Å². The summed E-state index contributed by atoms with van der Waals surface area (Å²) in [6, 6.07) is 21.1. The summed E-state index contributed by atoms with van der Waals surface area (Å²) in [6.07, 6.45) is -0.931. The van der Waals surface area contributed by atoms with Gasteiger partial charge in [-0.15, -0.1) is 11.8 Å². The van der Waals surface area contributed by atoms with Crippen LogP contribution >= 0.6 is 0 Å². The molecule has 0 saturated heterocycles. The maximum atomic E-state index is 10.3. The van der Waals surface area contributed by atoms with Gasteiger partial charge in [-0.3, -0.25) is 0 Å². The molecule has 6 heteroatoms. The lowest BCUT2D eigenvalue weighted by Gasteiger charge is -2.43. The first-order valence-corrected chi connectivity index (χ1v) is 18.7. The van der Waals surface area contributed by atoms with Gasteiger partial charge < -0.3 is 19.1 Å². The van der Waals surface area contributed by atoms with E-state index in [0.717, 1.165) is 0 Å². The van der Waals surface area contributed by atoms with Gasteiger partial charge in [0.25, 0.3) is 8.32 Å². The first-order chi connectivity index (χ1) is 18.2. The lowest BCUT2D eigenvalue weighted by molar-refractivity contribution is 0.0264. The van der Waals surface area contributed by atoms with Gasteiger partial charge in [-0.25, -0.2) is 0 Å². The normalized spacial score (nSPS) is 14.0. The molecule has 2 rings (SSSR count). The van der Waals surface area contributed by atoms with E-state index >= 15 is 0 Å². The van der Waals surface area contributed by atoms with Crippen molar-refractivity contribution in [1.82, 2.24) is 0 Å². The topological polar surface area (TPSA) is 58.9 Å². The Morgan fingerprint density at radius 1 is 0.667 bits per heavy atom. The van der Waals surface area contributed by atoms with E-state index in [4.69, 9.17) is 8.85 Å². The van der Waals surface area contributed by atoms with Crippen LogP contribution in [0.15, 0.2) is 60.7 Å². The lowest BCUT2D eigenvalue weighted by atomic mass is 10.1. The predicted molar refractivity (Wildman–Crippen MR) is 168 cm³/mol. The molecule has 0 heterocycles. The summed E-state index contributed by atoms with van der Waals surface area (Å²) >= 11 is 0. The summed E-state index contributed by atoms with van der Waals surface area (Å²) in [5, 5.41) is 23.1. The SMILES string of the molecule is CC(C)(C)[Si](C)(C)OCC#CC[C@H](O)[C@@H](O)CC#CCCO[Si](c1ccccc1)(c1ccccc1)C(C)(C)C. The molecule has 0 radical (unpaired) electrons. The fourth-order valence-electron chi connectivity index (χ4n) is 4.21. The molecule has 2 aromatic rings. The Kier molecular flexibility index (Phi) is 12.3. The standard InChI is InChI=1S/C33H48O4Si2/c1-32(2,3)38(7,8)36-26-19-17-25-31(35)30(34)24-16-11-18-27-37-39(33(4,5)6,28-20-12-9-13-21-28)29-22-14-10-15-23-29/h9-10,12-15,20-23,30-31,34-35H,18,24-27H2,1-8H3/t30-,31-/m0/s1. The molecule has 0 bridgehead atoms. The van der Waals surface area contributed by atoms with Crippen LogP contribution < -0.4 is 10.4 Å². The fraction of sp³-hybridized carbons (Fsp3) is 0.515. The van der Waals surface area contributed by atoms with E-state index in [1.54, 1.807) is 0 Å². The van der Waals surface area contributed by atoms with Crippen LogP contribution in [0.4, 0.5) is 0 Å². The summed E-state index contributed by atoms with van der Waals surface area (Å²) < 4.78 is 12.9. The summed E-state index contributed by atoms with van der Waals surface area (Å²) in [5.74, 6) is 12.1. The van der Waals surface area contributed by atoms with Crippen LogP contribution in [-0.2, 0) is 8.85 Å². The quantitative estimate of drug-likeness (QED) is 0.228. The van der Waals surface area contributed by atoms with Crippen molar-refractivity contribution >= 4 is 27.0 Å². The monoisotopic (exact) mass is 564 g/mol. The summed E-state index contributed by atoms with van der Waals surface area (Å²) in [4.78, 5) is 0. The molecular formula is C33H48O4Si2. The minimum Gasteiger partial charge on any atom is -0.406 e. The zero-order valence-electron chi connectivity index (χ0n) is 25.2. The van der Waals surface area contributed by atoms with Crippen molar-refractivity contribution in [1.29, 1.82) is 0 Å². The van der Waals surface area contributed by atoms with Crippen molar-refractivity contribution in [3.63, 3.8) is 0 Å². The van der Waals surface area contributed by atoms with Crippen molar-refractivity contribution in [2.24, 2.45) is 0 Å². The first kappa shape index (κ1) is 33.0. The first-order valence-electron chi connectivity index (χ1n) is 13.9. The van der Waals surface area contributed by atoms with Gasteiger partial charge in [0.05, 0.1) is 18.8 Å². The van der Waals surface area contributed by atoms with E-state index in [2.05, 4.69) is 127 Å². The molecule has 0 aromatic heterocycles. The zero-order valence-corrected chi connectivity index (χ0v) is 27.2. The molecular weight excluding hydrogens is 517 g/mol. The Balaban J connectivity index is 1.94. The fourth-order valence-corrected chi connectivity index (χ4v) is 9.64. The lowest BCUT2D eigenvalue weighted by Crippen LogP contribution is -2.66. The molecule has 39 heavy (non-hydrogen) atoms. The van der Waals surface area contributed by atoms with E-state index < -0.39 is 28.8 Å². The van der Waals surface area contributed by atoms with E-state index in [1.165, 1.54) is 10.4 Å². The van der Waals surface area contributed by atoms with Crippen LogP contribution in [0.1, 0.15) is 60.8 Å². The predicted octanol–water partition coefficient (Wildman–Crippen LogP) is 5.48. The zero-order chi connectivity index (χ0) is 29.2. The van der Waals surface area contributed by atoms with Crippen LogP contribution in [-0.4, -0.2) is 52.3 Å². The molecule has 212 valence electrons. The Morgan fingerprint density at radius 2 is 1.13 bits per heavy atom. The average Bonchev–Trinajstić information content (AvgIpc) is 2.87. The van der Waals surface area contributed by atoms with Crippen LogP contribution in [0.2, 0.25) is 23.2 Å². The molecule has 0 aliphatic rings. The largest absolute Gasteiger partial charge is 0.406 e. The Morgan fingerprint density at radius 3 is 1.56 bits per heavy atom. The maximum absolute atomic E-state index is 10.3. The van der Waals surface area contributed by atoms with E-state index in [9.17, 15) is 10.2 Å². The smallest absolute Gasteiger partial charge is 0.261 e. The Hall–Kier alpha value is -2.17. The van der Waals surface area contributed by atoms with Gasteiger partial charge in [0.15, 0.2) is 8.32 Å². The molecule has 4 nitrogen and oxygen atoms in total. The van der Waals surface area contributed by atoms with Gasteiger partial charge in [0.2, 0.25) is 0 Å². The number of hydrogen-bond donors (Lipinski definition) is 2. The maximum Gasteiger partial charge on any atom is 0.261 e. The third-order valence-corrected chi connectivity index (χ3v) is 17.1. The molecule has 2 atom stereocenters. The molecule has 2 N–H and O–H groups in total. The van der Waals surface area contributed by atoms with Crippen LogP contribution in [0, 0.1) is 23.7 Å². The molecule has 0 amide bonds. The Labute approximate surface area is 239 Å². The molecule has 0 unspecified atom stereocenters. The van der Waals surface area contributed by atoms with Crippen molar-refractivity contribution in [2.75, 3.05) is 13.2 Å². The van der Waals surface area contributed by atoms with Gasteiger partial charge in [-0.05, 0) is 33.5 Å². The highest BCUT2D eigenvalue weighted by molar-refractivity contribution is 6.99. The van der Waals surface area contributed by atoms with Crippen LogP contribution in [0.3, 0.4) is 0 Å². The summed E-state index contributed by atoms with van der Waals surface area (Å²) in [5.41, 5.74) is 0. The van der Waals surface area contributed by atoms with Gasteiger partial charge >= 0.3 is 0 Å². The third-order valence-electron chi connectivity index (χ3n) is 7.59. The summed E-state index contributed by atoms with van der Waals surface area (Å²) in [6.45, 7) is 18.6. The number of aliphatic hydroxyl groups is 2. The van der Waals surface area contributed by atoms with Crippen molar-refractivity contribution in [3.05, 3.63) is 60.7 Å².